The number of amides is 1. The van der Waals surface area contributed by atoms with Gasteiger partial charge in [-0.1, -0.05) is 23.9 Å². The molecule has 0 aliphatic carbocycles. The van der Waals surface area contributed by atoms with Gasteiger partial charge in [-0.15, -0.1) is 12.4 Å². The lowest BCUT2D eigenvalue weighted by Crippen LogP contribution is -2.39. The lowest BCUT2D eigenvalue weighted by Gasteiger charge is -2.36. The number of benzene rings is 1. The number of rotatable bonds is 5. The normalized spacial score (nSPS) is 20.9. The fourth-order valence-electron chi connectivity index (χ4n) is 4.23. The number of methoxy groups -OCH3 is 1. The molecule has 0 unspecified atom stereocenters. The highest BCUT2D eigenvalue weighted by atomic mass is 35.5. The maximum atomic E-state index is 13.3. The van der Waals surface area contributed by atoms with Crippen LogP contribution >= 0.6 is 24.2 Å². The van der Waals surface area contributed by atoms with Gasteiger partial charge in [0.05, 0.1) is 36.6 Å². The molecule has 1 aromatic carbocycles. The van der Waals surface area contributed by atoms with Crippen molar-refractivity contribution in [1.29, 1.82) is 0 Å². The van der Waals surface area contributed by atoms with Crippen molar-refractivity contribution in [1.82, 2.24) is 19.9 Å². The quantitative estimate of drug-likeness (QED) is 0.524. The van der Waals surface area contributed by atoms with Crippen LogP contribution in [0.15, 0.2) is 54.0 Å². The zero-order valence-corrected chi connectivity index (χ0v) is 20.2. The second-order valence-corrected chi connectivity index (χ2v) is 9.28. The first kappa shape index (κ1) is 24.6. The second kappa shape index (κ2) is 10.0. The van der Waals surface area contributed by atoms with Gasteiger partial charge in [0, 0.05) is 31.2 Å². The van der Waals surface area contributed by atoms with Crippen LogP contribution in [-0.2, 0) is 4.75 Å². The summed E-state index contributed by atoms with van der Waals surface area (Å²) >= 11 is 1.49. The molecule has 35 heavy (non-hydrogen) atoms. The van der Waals surface area contributed by atoms with E-state index in [1.165, 1.54) is 31.3 Å². The Morgan fingerprint density at radius 3 is 2.74 bits per heavy atom. The van der Waals surface area contributed by atoms with E-state index in [1.807, 2.05) is 29.2 Å². The number of halogens is 2. The fourth-order valence-corrected chi connectivity index (χ4v) is 5.52. The third kappa shape index (κ3) is 4.84. The Balaban J connectivity index is 0.00000289. The second-order valence-electron chi connectivity index (χ2n) is 7.93. The van der Waals surface area contributed by atoms with Gasteiger partial charge in [-0.2, -0.15) is 0 Å². The monoisotopic (exact) mass is 516 g/mol. The molecule has 4 heterocycles. The third-order valence-electron chi connectivity index (χ3n) is 5.85. The van der Waals surface area contributed by atoms with E-state index in [0.717, 1.165) is 18.0 Å². The van der Waals surface area contributed by atoms with Crippen molar-refractivity contribution < 1.29 is 13.9 Å². The highest BCUT2D eigenvalue weighted by molar-refractivity contribution is 8.14. The smallest absolute Gasteiger partial charge is 0.275 e. The summed E-state index contributed by atoms with van der Waals surface area (Å²) < 4.78 is 17.9. The molecular weight excluding hydrogens is 495 g/mol. The predicted molar refractivity (Wildman–Crippen MR) is 134 cm³/mol. The van der Waals surface area contributed by atoms with Gasteiger partial charge in [-0.05, 0) is 17.7 Å². The minimum absolute atomic E-state index is 0. The fraction of sp³-hybridized carbons (Fsp3) is 0.273. The number of carbonyl (C=O) groups is 1. The van der Waals surface area contributed by atoms with Crippen molar-refractivity contribution in [2.45, 2.75) is 4.75 Å². The number of carbonyl (C=O) groups excluding carboxylic acids is 1. The molecule has 182 valence electrons. The molecule has 2 aromatic heterocycles. The van der Waals surface area contributed by atoms with E-state index < -0.39 is 10.6 Å². The van der Waals surface area contributed by atoms with Gasteiger partial charge < -0.3 is 20.7 Å². The van der Waals surface area contributed by atoms with Crippen LogP contribution in [0.5, 0.6) is 5.88 Å². The van der Waals surface area contributed by atoms with Crippen molar-refractivity contribution in [3.05, 3.63) is 66.1 Å². The van der Waals surface area contributed by atoms with Gasteiger partial charge >= 0.3 is 0 Å². The van der Waals surface area contributed by atoms with Crippen molar-refractivity contribution in [2.75, 3.05) is 37.0 Å². The van der Waals surface area contributed by atoms with Crippen molar-refractivity contribution in [3.8, 4) is 5.88 Å². The summed E-state index contributed by atoms with van der Waals surface area (Å²) in [6.45, 7) is 1.76. The summed E-state index contributed by atoms with van der Waals surface area (Å²) in [6, 6.07) is 7.64. The molecule has 3 aromatic rings. The number of nitrogens with two attached hydrogens (primary N) is 1. The first-order valence-corrected chi connectivity index (χ1v) is 11.3. The average Bonchev–Trinajstić information content (AvgIpc) is 3.24. The third-order valence-corrected chi connectivity index (χ3v) is 7.25. The molecule has 3 N–H and O–H groups in total. The molecule has 1 fully saturated rings. The summed E-state index contributed by atoms with van der Waals surface area (Å²) in [5.41, 5.74) is 7.93. The number of ether oxygens (including phenoxy) is 1. The summed E-state index contributed by atoms with van der Waals surface area (Å²) in [4.78, 5) is 35.6. The molecule has 10 nitrogen and oxygen atoms in total. The van der Waals surface area contributed by atoms with Crippen LogP contribution in [0.4, 0.5) is 16.0 Å². The molecule has 1 saturated heterocycles. The maximum absolute atomic E-state index is 13.3. The Hall–Kier alpha value is -3.51. The SMILES string of the molecule is COc1cnc(C(=O)Nc2cccc([C@]34CN(c5ncc(F)cn5)C[C@@H]3CN=C(N)S4)c2)cn1.Cl. The molecule has 5 rings (SSSR count). The summed E-state index contributed by atoms with van der Waals surface area (Å²) in [5, 5.41) is 3.38. The van der Waals surface area contributed by atoms with Crippen LogP contribution in [-0.4, -0.2) is 57.8 Å². The zero-order chi connectivity index (χ0) is 23.7. The highest BCUT2D eigenvalue weighted by Crippen LogP contribution is 2.51. The Morgan fingerprint density at radius 2 is 2.03 bits per heavy atom. The first-order chi connectivity index (χ1) is 16.5. The van der Waals surface area contributed by atoms with Gasteiger partial charge in [0.2, 0.25) is 11.8 Å². The van der Waals surface area contributed by atoms with Crippen LogP contribution in [0, 0.1) is 11.7 Å². The van der Waals surface area contributed by atoms with Crippen molar-refractivity contribution >= 4 is 46.9 Å². The van der Waals surface area contributed by atoms with Crippen molar-refractivity contribution in [3.63, 3.8) is 0 Å². The number of amidine groups is 1. The van der Waals surface area contributed by atoms with Crippen LogP contribution in [0.2, 0.25) is 0 Å². The molecule has 0 radical (unpaired) electrons. The van der Waals surface area contributed by atoms with Gasteiger partial charge in [0.1, 0.15) is 5.69 Å². The summed E-state index contributed by atoms with van der Waals surface area (Å²) in [7, 11) is 1.48. The molecule has 0 spiro atoms. The zero-order valence-electron chi connectivity index (χ0n) is 18.6. The van der Waals surface area contributed by atoms with E-state index in [1.54, 1.807) is 0 Å². The Morgan fingerprint density at radius 1 is 1.23 bits per heavy atom. The standard InChI is InChI=1S/C22H21FN8O2S.ClH/c1-33-18-10-25-17(9-26-18)19(32)30-16-4-2-3-13(5-16)22-12-31(21-28-7-15(23)8-29-21)11-14(22)6-27-20(24)34-22;/h2-5,7-10,14H,6,11-12H2,1H3,(H2,24,27)(H,30,32);1H/t14-,22+;/m0./s1. The lowest BCUT2D eigenvalue weighted by atomic mass is 9.87. The first-order valence-electron chi connectivity index (χ1n) is 10.5. The van der Waals surface area contributed by atoms with E-state index in [9.17, 15) is 9.18 Å². The predicted octanol–water partition coefficient (Wildman–Crippen LogP) is 2.48. The van der Waals surface area contributed by atoms with E-state index in [2.05, 4.69) is 30.2 Å². The van der Waals surface area contributed by atoms with Crippen LogP contribution in [0.25, 0.3) is 0 Å². The number of aliphatic imine (C=N–C) groups is 1. The molecular formula is C22H22ClFN8O2S. The van der Waals surface area contributed by atoms with E-state index >= 15 is 0 Å². The van der Waals surface area contributed by atoms with Crippen molar-refractivity contribution in [2.24, 2.45) is 16.6 Å². The van der Waals surface area contributed by atoms with E-state index in [-0.39, 0.29) is 29.9 Å². The average molecular weight is 517 g/mol. The number of thioether (sulfide) groups is 1. The minimum atomic E-state index is -0.484. The maximum Gasteiger partial charge on any atom is 0.275 e. The number of nitrogens with one attached hydrogen (secondary N) is 1. The number of fused-ring (bicyclic) bond motifs is 1. The molecule has 2 aliphatic heterocycles. The minimum Gasteiger partial charge on any atom is -0.480 e. The highest BCUT2D eigenvalue weighted by Gasteiger charge is 2.51. The van der Waals surface area contributed by atoms with E-state index in [4.69, 9.17) is 10.5 Å². The number of hydrogen-bond donors (Lipinski definition) is 2. The van der Waals surface area contributed by atoms with Crippen LogP contribution in [0.1, 0.15) is 16.1 Å². The molecule has 1 amide bonds. The number of anilines is 2. The molecule has 13 heteroatoms. The van der Waals surface area contributed by atoms with Gasteiger partial charge in [0.15, 0.2) is 11.0 Å². The summed E-state index contributed by atoms with van der Waals surface area (Å²) in [6.07, 6.45) is 5.07. The van der Waals surface area contributed by atoms with Gasteiger partial charge in [0.25, 0.3) is 5.91 Å². The Labute approximate surface area is 211 Å². The molecule has 0 bridgehead atoms. The van der Waals surface area contributed by atoms with Crippen LogP contribution in [0.3, 0.4) is 0 Å². The summed E-state index contributed by atoms with van der Waals surface area (Å²) in [5.74, 6) is 0.0374. The van der Waals surface area contributed by atoms with Crippen LogP contribution < -0.4 is 20.7 Å². The van der Waals surface area contributed by atoms with E-state index in [0.29, 0.717) is 42.3 Å². The Kier molecular flexibility index (Phi) is 7.03. The number of nitrogens with zero attached hydrogens (tertiary/aromatic N) is 6. The van der Waals surface area contributed by atoms with Gasteiger partial charge in [-0.25, -0.2) is 24.3 Å². The number of aromatic nitrogens is 4. The lowest BCUT2D eigenvalue weighted by molar-refractivity contribution is 0.102. The molecule has 2 aliphatic rings. The number of hydrogen-bond acceptors (Lipinski definition) is 10. The molecule has 2 atom stereocenters. The largest absolute Gasteiger partial charge is 0.480 e. The van der Waals surface area contributed by atoms with Gasteiger partial charge in [-0.3, -0.25) is 9.79 Å². The Bertz CT molecular complexity index is 1250. The topological polar surface area (TPSA) is 132 Å². The molecule has 0 saturated carbocycles.